The van der Waals surface area contributed by atoms with E-state index in [4.69, 9.17) is 4.74 Å². The lowest BCUT2D eigenvalue weighted by Crippen LogP contribution is -1.87. The number of ether oxygens (including phenoxy) is 1. The van der Waals surface area contributed by atoms with E-state index in [9.17, 15) is 0 Å². The number of aromatic nitrogens is 2. The molecule has 0 saturated heterocycles. The monoisotopic (exact) mass is 281 g/mol. The van der Waals surface area contributed by atoms with E-state index in [2.05, 4.69) is 28.0 Å². The van der Waals surface area contributed by atoms with Crippen LogP contribution in [0, 0.1) is 0 Å². The Bertz CT molecular complexity index is 702. The summed E-state index contributed by atoms with van der Waals surface area (Å²) in [5, 5.41) is 0. The molecule has 4 heteroatoms. The van der Waals surface area contributed by atoms with Gasteiger partial charge < -0.3 is 14.7 Å². The average Bonchev–Trinajstić information content (AvgIpc) is 3.19. The van der Waals surface area contributed by atoms with Crippen LogP contribution in [-0.2, 0) is 0 Å². The van der Waals surface area contributed by atoms with Gasteiger partial charge in [-0.15, -0.1) is 0 Å². The molecule has 2 aromatic heterocycles. The molecule has 0 radical (unpaired) electrons. The first-order valence-electron chi connectivity index (χ1n) is 7.18. The van der Waals surface area contributed by atoms with Gasteiger partial charge in [-0.2, -0.15) is 0 Å². The highest BCUT2D eigenvalue weighted by atomic mass is 16.5. The van der Waals surface area contributed by atoms with Crippen molar-refractivity contribution in [1.82, 2.24) is 9.97 Å². The van der Waals surface area contributed by atoms with E-state index in [0.717, 1.165) is 47.1 Å². The van der Waals surface area contributed by atoms with Crippen molar-refractivity contribution >= 4 is 11.8 Å². The van der Waals surface area contributed by atoms with Crippen LogP contribution in [0.2, 0.25) is 0 Å². The highest BCUT2D eigenvalue weighted by Gasteiger charge is 2.11. The van der Waals surface area contributed by atoms with Crippen LogP contribution >= 0.6 is 0 Å². The second-order valence-electron chi connectivity index (χ2n) is 5.00. The average molecular weight is 281 g/mol. The summed E-state index contributed by atoms with van der Waals surface area (Å²) in [5.74, 6) is 0.819. The minimum absolute atomic E-state index is 0.819. The number of aromatic amines is 2. The van der Waals surface area contributed by atoms with E-state index in [1.165, 1.54) is 0 Å². The van der Waals surface area contributed by atoms with Crippen molar-refractivity contribution < 1.29 is 4.74 Å². The molecule has 108 valence electrons. The quantitative estimate of drug-likeness (QED) is 0.849. The zero-order valence-corrected chi connectivity index (χ0v) is 12.3. The number of aliphatic imine (C=N–C) groups is 1. The molecule has 0 saturated carbocycles. The summed E-state index contributed by atoms with van der Waals surface area (Å²) in [6.45, 7) is 2.16. The van der Waals surface area contributed by atoms with Gasteiger partial charge in [-0.05, 0) is 36.8 Å². The fourth-order valence-electron chi connectivity index (χ4n) is 2.42. The van der Waals surface area contributed by atoms with Crippen LogP contribution in [0.5, 0.6) is 5.75 Å². The van der Waals surface area contributed by atoms with Gasteiger partial charge >= 0.3 is 0 Å². The van der Waals surface area contributed by atoms with Crippen molar-refractivity contribution in [2.75, 3.05) is 7.11 Å². The minimum Gasteiger partial charge on any atom is -0.494 e. The standard InChI is InChI=1S/C17H19N3O/c1-3-5-12-7-8-13(19-12)10-16-17(21-2)11-15(20-16)14-6-4-9-18-14/h4,6-11,18,20H,3,5H2,1-2H3. The summed E-state index contributed by atoms with van der Waals surface area (Å²) in [5.41, 5.74) is 5.07. The molecule has 0 atom stereocenters. The van der Waals surface area contributed by atoms with Crippen molar-refractivity contribution in [2.24, 2.45) is 4.99 Å². The van der Waals surface area contributed by atoms with E-state index in [1.54, 1.807) is 7.11 Å². The Balaban J connectivity index is 1.91. The second kappa shape index (κ2) is 5.87. The fraction of sp³-hybridized carbons (Fsp3) is 0.235. The van der Waals surface area contributed by atoms with Crippen LogP contribution in [0.25, 0.3) is 17.5 Å². The number of hydrogen-bond donors (Lipinski definition) is 2. The molecule has 2 aromatic rings. The molecule has 0 bridgehead atoms. The zero-order valence-electron chi connectivity index (χ0n) is 12.3. The third-order valence-corrected chi connectivity index (χ3v) is 3.44. The Labute approximate surface area is 124 Å². The molecule has 1 aliphatic heterocycles. The van der Waals surface area contributed by atoms with Crippen LogP contribution < -0.4 is 4.74 Å². The third-order valence-electron chi connectivity index (χ3n) is 3.44. The van der Waals surface area contributed by atoms with Gasteiger partial charge in [-0.3, -0.25) is 4.99 Å². The smallest absolute Gasteiger partial charge is 0.144 e. The van der Waals surface area contributed by atoms with Gasteiger partial charge in [0, 0.05) is 18.0 Å². The second-order valence-corrected chi connectivity index (χ2v) is 5.00. The van der Waals surface area contributed by atoms with E-state index >= 15 is 0 Å². The topological polar surface area (TPSA) is 53.2 Å². The molecule has 0 aromatic carbocycles. The van der Waals surface area contributed by atoms with E-state index in [-0.39, 0.29) is 0 Å². The largest absolute Gasteiger partial charge is 0.494 e. The Kier molecular flexibility index (Phi) is 3.77. The van der Waals surface area contributed by atoms with Crippen LogP contribution in [0.15, 0.2) is 47.2 Å². The number of H-pyrrole nitrogens is 2. The molecule has 21 heavy (non-hydrogen) atoms. The maximum atomic E-state index is 5.45. The first kappa shape index (κ1) is 13.5. The van der Waals surface area contributed by atoms with Crippen LogP contribution in [0.4, 0.5) is 0 Å². The number of methoxy groups -OCH3 is 1. The zero-order chi connectivity index (χ0) is 14.7. The fourth-order valence-corrected chi connectivity index (χ4v) is 2.42. The highest BCUT2D eigenvalue weighted by molar-refractivity contribution is 5.99. The Morgan fingerprint density at radius 1 is 1.29 bits per heavy atom. The Morgan fingerprint density at radius 2 is 2.19 bits per heavy atom. The van der Waals surface area contributed by atoms with Gasteiger partial charge in [0.1, 0.15) is 5.75 Å². The third kappa shape index (κ3) is 2.84. The van der Waals surface area contributed by atoms with Crippen molar-refractivity contribution in [3.63, 3.8) is 0 Å². The number of rotatable bonds is 5. The number of nitrogens with zero attached hydrogens (tertiary/aromatic N) is 1. The molecular formula is C17H19N3O. The lowest BCUT2D eigenvalue weighted by molar-refractivity contribution is 0.414. The minimum atomic E-state index is 0.819. The summed E-state index contributed by atoms with van der Waals surface area (Å²) in [6.07, 6.45) is 10.2. The molecular weight excluding hydrogens is 262 g/mol. The van der Waals surface area contributed by atoms with Gasteiger partial charge in [0.2, 0.25) is 0 Å². The molecule has 0 amide bonds. The van der Waals surface area contributed by atoms with Crippen molar-refractivity contribution in [1.29, 1.82) is 0 Å². The van der Waals surface area contributed by atoms with Crippen molar-refractivity contribution in [3.05, 3.63) is 47.9 Å². The molecule has 2 N–H and O–H groups in total. The number of nitrogens with one attached hydrogen (secondary N) is 2. The van der Waals surface area contributed by atoms with E-state index in [1.807, 2.05) is 36.5 Å². The SMILES string of the molecule is CCCC1=NC(=Cc2[nH]c(-c3ccc[nH]3)cc2OC)C=C1. The van der Waals surface area contributed by atoms with Crippen LogP contribution in [0.1, 0.15) is 25.5 Å². The maximum Gasteiger partial charge on any atom is 0.144 e. The molecule has 1 aliphatic rings. The molecule has 0 spiro atoms. The van der Waals surface area contributed by atoms with Crippen LogP contribution in [0.3, 0.4) is 0 Å². The summed E-state index contributed by atoms with van der Waals surface area (Å²) < 4.78 is 5.45. The first-order valence-corrected chi connectivity index (χ1v) is 7.18. The van der Waals surface area contributed by atoms with Gasteiger partial charge in [0.05, 0.1) is 29.9 Å². The molecule has 3 rings (SSSR count). The Morgan fingerprint density at radius 3 is 2.90 bits per heavy atom. The first-order chi connectivity index (χ1) is 10.3. The molecule has 4 nitrogen and oxygen atoms in total. The molecule has 0 aliphatic carbocycles. The summed E-state index contributed by atoms with van der Waals surface area (Å²) >= 11 is 0. The van der Waals surface area contributed by atoms with Gasteiger partial charge in [0.15, 0.2) is 0 Å². The highest BCUT2D eigenvalue weighted by Crippen LogP contribution is 2.28. The van der Waals surface area contributed by atoms with Gasteiger partial charge in [0.25, 0.3) is 0 Å². The van der Waals surface area contributed by atoms with E-state index < -0.39 is 0 Å². The number of allylic oxidation sites excluding steroid dienone is 2. The summed E-state index contributed by atoms with van der Waals surface area (Å²) in [4.78, 5) is 11.2. The summed E-state index contributed by atoms with van der Waals surface area (Å²) in [7, 11) is 1.68. The maximum absolute atomic E-state index is 5.45. The van der Waals surface area contributed by atoms with Gasteiger partial charge in [-0.25, -0.2) is 0 Å². The predicted octanol–water partition coefficient (Wildman–Crippen LogP) is 4.17. The summed E-state index contributed by atoms with van der Waals surface area (Å²) in [6, 6.07) is 5.99. The van der Waals surface area contributed by atoms with E-state index in [0.29, 0.717) is 0 Å². The predicted molar refractivity (Wildman–Crippen MR) is 86.6 cm³/mol. The number of hydrogen-bond acceptors (Lipinski definition) is 2. The Hall–Kier alpha value is -2.49. The van der Waals surface area contributed by atoms with Crippen LogP contribution in [-0.4, -0.2) is 22.8 Å². The van der Waals surface area contributed by atoms with Crippen molar-refractivity contribution in [2.45, 2.75) is 19.8 Å². The molecule has 0 unspecified atom stereocenters. The molecule has 3 heterocycles. The lowest BCUT2D eigenvalue weighted by Gasteiger charge is -1.97. The van der Waals surface area contributed by atoms with Gasteiger partial charge in [-0.1, -0.05) is 13.3 Å². The molecule has 0 fully saturated rings. The normalized spacial score (nSPS) is 15.7. The van der Waals surface area contributed by atoms with Crippen molar-refractivity contribution in [3.8, 4) is 17.1 Å². The lowest BCUT2D eigenvalue weighted by atomic mass is 10.2.